The van der Waals surface area contributed by atoms with Gasteiger partial charge in [-0.1, -0.05) is 47.6 Å². The van der Waals surface area contributed by atoms with Crippen molar-refractivity contribution in [3.8, 4) is 11.1 Å². The standard InChI is InChI=1S/C26H29N5O3/c1-30-14-12-20(13-15-30)25-27-24(29-34-25)23-16-22(28-33-2)17-31(23)26(32)21-10-8-19(9-11-21)18-6-4-3-5-7-18/h3-11,17,20,23,28H,12-16H2,1-2H3. The lowest BCUT2D eigenvalue weighted by Crippen LogP contribution is -2.29. The Morgan fingerprint density at radius 3 is 2.47 bits per heavy atom. The molecule has 1 unspecified atom stereocenters. The van der Waals surface area contributed by atoms with Crippen molar-refractivity contribution < 1.29 is 14.2 Å². The Labute approximate surface area is 199 Å². The van der Waals surface area contributed by atoms with Crippen LogP contribution in [0.1, 0.15) is 53.3 Å². The molecule has 5 rings (SSSR count). The lowest BCUT2D eigenvalue weighted by molar-refractivity contribution is 0.0777. The largest absolute Gasteiger partial charge is 0.339 e. The fraction of sp³-hybridized carbons (Fsp3) is 0.346. The van der Waals surface area contributed by atoms with Crippen LogP contribution < -0.4 is 5.48 Å². The molecule has 8 nitrogen and oxygen atoms in total. The first kappa shape index (κ1) is 22.3. The summed E-state index contributed by atoms with van der Waals surface area (Å²) in [6.07, 6.45) is 4.28. The zero-order chi connectivity index (χ0) is 23.5. The molecule has 0 aliphatic carbocycles. The summed E-state index contributed by atoms with van der Waals surface area (Å²) < 4.78 is 5.65. The van der Waals surface area contributed by atoms with Crippen molar-refractivity contribution in [1.82, 2.24) is 25.4 Å². The van der Waals surface area contributed by atoms with E-state index in [1.165, 1.54) is 0 Å². The van der Waals surface area contributed by atoms with Crippen molar-refractivity contribution in [2.45, 2.75) is 31.2 Å². The fourth-order valence-electron chi connectivity index (χ4n) is 4.62. The summed E-state index contributed by atoms with van der Waals surface area (Å²) in [6.45, 7) is 2.03. The number of likely N-dealkylation sites (tertiary alicyclic amines) is 1. The highest BCUT2D eigenvalue weighted by Crippen LogP contribution is 2.35. The number of benzene rings is 2. The number of rotatable bonds is 6. The summed E-state index contributed by atoms with van der Waals surface area (Å²) in [5, 5.41) is 4.27. The van der Waals surface area contributed by atoms with E-state index in [-0.39, 0.29) is 17.9 Å². The predicted molar refractivity (Wildman–Crippen MR) is 127 cm³/mol. The van der Waals surface area contributed by atoms with Gasteiger partial charge in [0.2, 0.25) is 5.89 Å². The first-order chi connectivity index (χ1) is 16.6. The first-order valence-electron chi connectivity index (χ1n) is 11.6. The number of amides is 1. The van der Waals surface area contributed by atoms with Gasteiger partial charge in [0.15, 0.2) is 5.82 Å². The molecule has 34 heavy (non-hydrogen) atoms. The van der Waals surface area contributed by atoms with Gasteiger partial charge in [0.1, 0.15) is 6.04 Å². The van der Waals surface area contributed by atoms with Gasteiger partial charge >= 0.3 is 0 Å². The Bertz CT molecular complexity index is 1150. The maximum Gasteiger partial charge on any atom is 0.258 e. The van der Waals surface area contributed by atoms with Gasteiger partial charge in [-0.15, -0.1) is 0 Å². The number of nitrogens with zero attached hydrogens (tertiary/aromatic N) is 4. The average molecular weight is 460 g/mol. The second-order valence-corrected chi connectivity index (χ2v) is 8.90. The number of hydrogen-bond acceptors (Lipinski definition) is 7. The SMILES string of the molecule is CONC1=CN(C(=O)c2ccc(-c3ccccc3)cc2)C(c2noc(C3CCN(C)CC3)n2)C1. The highest BCUT2D eigenvalue weighted by Gasteiger charge is 2.36. The minimum Gasteiger partial charge on any atom is -0.339 e. The highest BCUT2D eigenvalue weighted by atomic mass is 16.6. The molecule has 176 valence electrons. The van der Waals surface area contributed by atoms with E-state index < -0.39 is 0 Å². The summed E-state index contributed by atoms with van der Waals surface area (Å²) in [5.41, 5.74) is 6.42. The smallest absolute Gasteiger partial charge is 0.258 e. The van der Waals surface area contributed by atoms with Crippen molar-refractivity contribution in [2.75, 3.05) is 27.2 Å². The highest BCUT2D eigenvalue weighted by molar-refractivity contribution is 5.96. The molecule has 1 aromatic heterocycles. The molecule has 8 heteroatoms. The van der Waals surface area contributed by atoms with Gasteiger partial charge in [0.25, 0.3) is 5.91 Å². The predicted octanol–water partition coefficient (Wildman–Crippen LogP) is 4.13. The molecule has 3 heterocycles. The van der Waals surface area contributed by atoms with Crippen molar-refractivity contribution in [3.05, 3.63) is 83.8 Å². The molecule has 2 aliphatic rings. The molecule has 2 aliphatic heterocycles. The third-order valence-corrected chi connectivity index (χ3v) is 6.57. The van der Waals surface area contributed by atoms with Crippen molar-refractivity contribution >= 4 is 5.91 Å². The molecular weight excluding hydrogens is 430 g/mol. The lowest BCUT2D eigenvalue weighted by atomic mass is 9.97. The van der Waals surface area contributed by atoms with Crippen molar-refractivity contribution in [3.63, 3.8) is 0 Å². The van der Waals surface area contributed by atoms with Gasteiger partial charge in [-0.2, -0.15) is 4.98 Å². The first-order valence-corrected chi connectivity index (χ1v) is 11.6. The maximum absolute atomic E-state index is 13.5. The summed E-state index contributed by atoms with van der Waals surface area (Å²) in [4.78, 5) is 27.3. The Balaban J connectivity index is 1.37. The Hall–Kier alpha value is -3.49. The molecular formula is C26H29N5O3. The van der Waals surface area contributed by atoms with E-state index in [0.717, 1.165) is 42.8 Å². The van der Waals surface area contributed by atoms with E-state index in [1.807, 2.05) is 42.5 Å². The second kappa shape index (κ2) is 9.79. The molecule has 3 aromatic rings. The zero-order valence-electron chi connectivity index (χ0n) is 19.5. The minimum absolute atomic E-state index is 0.122. The van der Waals surface area contributed by atoms with E-state index in [4.69, 9.17) is 14.3 Å². The number of nitrogens with one attached hydrogen (secondary N) is 1. The van der Waals surface area contributed by atoms with Crippen LogP contribution in [0.2, 0.25) is 0 Å². The van der Waals surface area contributed by atoms with Crippen LogP contribution in [-0.4, -0.2) is 53.1 Å². The second-order valence-electron chi connectivity index (χ2n) is 8.90. The molecule has 1 fully saturated rings. The molecule has 0 bridgehead atoms. The van der Waals surface area contributed by atoms with Crippen molar-refractivity contribution in [1.29, 1.82) is 0 Å². The number of hydroxylamine groups is 1. The van der Waals surface area contributed by atoms with Gasteiger partial charge in [-0.3, -0.25) is 15.1 Å². The quantitative estimate of drug-likeness (QED) is 0.555. The van der Waals surface area contributed by atoms with Crippen LogP contribution in [0.4, 0.5) is 0 Å². The number of aromatic nitrogens is 2. The summed E-state index contributed by atoms with van der Waals surface area (Å²) >= 11 is 0. The summed E-state index contributed by atoms with van der Waals surface area (Å²) in [5.74, 6) is 1.32. The van der Waals surface area contributed by atoms with Gasteiger partial charge in [-0.25, -0.2) is 0 Å². The normalized spacial score (nSPS) is 19.3. The molecule has 1 N–H and O–H groups in total. The van der Waals surface area contributed by atoms with Crippen LogP contribution in [0.3, 0.4) is 0 Å². The number of piperidine rings is 1. The van der Waals surface area contributed by atoms with Crippen LogP contribution in [0.5, 0.6) is 0 Å². The summed E-state index contributed by atoms with van der Waals surface area (Å²) in [7, 11) is 3.68. The van der Waals surface area contributed by atoms with Gasteiger partial charge < -0.3 is 14.3 Å². The average Bonchev–Trinajstić information content (AvgIpc) is 3.53. The van der Waals surface area contributed by atoms with Crippen molar-refractivity contribution in [2.24, 2.45) is 0 Å². The minimum atomic E-state index is -0.359. The van der Waals surface area contributed by atoms with E-state index in [1.54, 1.807) is 18.2 Å². The molecule has 1 saturated heterocycles. The summed E-state index contributed by atoms with van der Waals surface area (Å²) in [6, 6.07) is 17.4. The van der Waals surface area contributed by atoms with E-state index in [2.05, 4.69) is 34.7 Å². The Kier molecular flexibility index (Phi) is 6.42. The number of carbonyl (C=O) groups excluding carboxylic acids is 1. The third-order valence-electron chi connectivity index (χ3n) is 6.57. The van der Waals surface area contributed by atoms with Gasteiger partial charge in [0, 0.05) is 24.1 Å². The molecule has 0 spiro atoms. The Morgan fingerprint density at radius 1 is 1.06 bits per heavy atom. The number of hydrogen-bond donors (Lipinski definition) is 1. The van der Waals surface area contributed by atoms with E-state index in [9.17, 15) is 4.79 Å². The molecule has 0 radical (unpaired) electrons. The van der Waals surface area contributed by atoms with Crippen LogP contribution in [0, 0.1) is 0 Å². The molecule has 1 atom stereocenters. The fourth-order valence-corrected chi connectivity index (χ4v) is 4.62. The molecule has 1 amide bonds. The van der Waals surface area contributed by atoms with Crippen LogP contribution in [-0.2, 0) is 4.84 Å². The number of carbonyl (C=O) groups is 1. The topological polar surface area (TPSA) is 83.7 Å². The van der Waals surface area contributed by atoms with Gasteiger partial charge in [-0.05, 0) is 56.2 Å². The van der Waals surface area contributed by atoms with E-state index >= 15 is 0 Å². The Morgan fingerprint density at radius 2 is 1.76 bits per heavy atom. The van der Waals surface area contributed by atoms with Crippen LogP contribution >= 0.6 is 0 Å². The van der Waals surface area contributed by atoms with Crippen LogP contribution in [0.25, 0.3) is 11.1 Å². The maximum atomic E-state index is 13.5. The van der Waals surface area contributed by atoms with Crippen LogP contribution in [0.15, 0.2) is 71.0 Å². The molecule has 2 aromatic carbocycles. The molecule has 0 saturated carbocycles. The van der Waals surface area contributed by atoms with E-state index in [0.29, 0.717) is 23.7 Å². The zero-order valence-corrected chi connectivity index (χ0v) is 19.5. The third kappa shape index (κ3) is 4.60. The monoisotopic (exact) mass is 459 g/mol. The van der Waals surface area contributed by atoms with Gasteiger partial charge in [0.05, 0.1) is 12.8 Å². The lowest BCUT2D eigenvalue weighted by Gasteiger charge is -2.26.